The van der Waals surface area contributed by atoms with Gasteiger partial charge in [-0.3, -0.25) is 9.89 Å². The summed E-state index contributed by atoms with van der Waals surface area (Å²) < 4.78 is 42.8. The molecule has 9 heteroatoms. The van der Waals surface area contributed by atoms with E-state index in [4.69, 9.17) is 4.42 Å². The first-order chi connectivity index (χ1) is 12.3. The van der Waals surface area contributed by atoms with E-state index < -0.39 is 23.3 Å². The summed E-state index contributed by atoms with van der Waals surface area (Å²) in [4.78, 5) is 15.8. The summed E-state index contributed by atoms with van der Waals surface area (Å²) in [5.41, 5.74) is 0.521. The first kappa shape index (κ1) is 17.5. The highest BCUT2D eigenvalue weighted by Gasteiger charge is 2.29. The quantitative estimate of drug-likeness (QED) is 0.409. The number of halogens is 3. The Balaban J connectivity index is 1.70. The summed E-state index contributed by atoms with van der Waals surface area (Å²) in [5.74, 6) is -1.06. The highest BCUT2D eigenvalue weighted by molar-refractivity contribution is 6.05. The molecule has 0 aliphatic heterocycles. The van der Waals surface area contributed by atoms with Crippen molar-refractivity contribution >= 4 is 11.5 Å². The van der Waals surface area contributed by atoms with Gasteiger partial charge in [-0.25, -0.2) is 4.98 Å². The number of aliphatic hydroxyl groups excluding tert-OH is 1. The summed E-state index contributed by atoms with van der Waals surface area (Å²) in [5, 5.41) is 15.8. The van der Waals surface area contributed by atoms with Gasteiger partial charge in [0, 0.05) is 12.5 Å². The monoisotopic (exact) mass is 363 g/mol. The van der Waals surface area contributed by atoms with Gasteiger partial charge in [0.15, 0.2) is 11.5 Å². The van der Waals surface area contributed by atoms with Crippen molar-refractivity contribution < 1.29 is 27.5 Å². The van der Waals surface area contributed by atoms with Crippen molar-refractivity contribution in [3.8, 4) is 0 Å². The third-order valence-electron chi connectivity index (χ3n) is 3.50. The molecule has 0 bridgehead atoms. The number of ketones is 1. The molecule has 0 saturated carbocycles. The molecule has 6 nitrogen and oxygen atoms in total. The lowest BCUT2D eigenvalue weighted by Gasteiger charge is -2.06. The minimum atomic E-state index is -4.38. The van der Waals surface area contributed by atoms with Crippen molar-refractivity contribution in [2.75, 3.05) is 0 Å². The predicted molar refractivity (Wildman–Crippen MR) is 84.3 cm³/mol. The summed E-state index contributed by atoms with van der Waals surface area (Å²) >= 11 is 0. The van der Waals surface area contributed by atoms with Gasteiger partial charge in [0.05, 0.1) is 11.8 Å². The fraction of sp³-hybridized carbons (Fsp3) is 0.118. The van der Waals surface area contributed by atoms with E-state index in [1.54, 1.807) is 0 Å². The van der Waals surface area contributed by atoms with Crippen LogP contribution in [0.2, 0.25) is 0 Å². The molecule has 2 aromatic heterocycles. The van der Waals surface area contributed by atoms with Crippen LogP contribution in [0.4, 0.5) is 13.2 Å². The SMILES string of the molecule is O=C(C=C(O)c1nc[nH]n1)c1cc(Cc2ccc(C(F)(F)F)cc2)co1. The molecule has 1 aromatic carbocycles. The average Bonchev–Trinajstić information content (AvgIpc) is 3.26. The molecular formula is C17H12F3N3O3. The van der Waals surface area contributed by atoms with Crippen molar-refractivity contribution in [1.82, 2.24) is 15.2 Å². The van der Waals surface area contributed by atoms with Crippen LogP contribution in [0.3, 0.4) is 0 Å². The fourth-order valence-electron chi connectivity index (χ4n) is 2.24. The zero-order chi connectivity index (χ0) is 18.7. The summed E-state index contributed by atoms with van der Waals surface area (Å²) in [6, 6.07) is 6.19. The van der Waals surface area contributed by atoms with Crippen molar-refractivity contribution in [3.05, 3.63) is 77.3 Å². The predicted octanol–water partition coefficient (Wildman–Crippen LogP) is 3.79. The molecule has 0 aliphatic rings. The van der Waals surface area contributed by atoms with Gasteiger partial charge in [-0.2, -0.15) is 18.3 Å². The minimum absolute atomic E-state index is 0.0194. The highest BCUT2D eigenvalue weighted by atomic mass is 19.4. The maximum absolute atomic E-state index is 12.6. The molecule has 0 atom stereocenters. The fourth-order valence-corrected chi connectivity index (χ4v) is 2.24. The number of allylic oxidation sites excluding steroid dienone is 1. The summed E-state index contributed by atoms with van der Waals surface area (Å²) in [7, 11) is 0. The van der Waals surface area contributed by atoms with Crippen LogP contribution in [0.1, 0.15) is 33.1 Å². The molecule has 0 spiro atoms. The number of hydrogen-bond acceptors (Lipinski definition) is 5. The van der Waals surface area contributed by atoms with Gasteiger partial charge in [-0.05, 0) is 29.3 Å². The zero-order valence-electron chi connectivity index (χ0n) is 13.1. The number of nitrogens with zero attached hydrogens (tertiary/aromatic N) is 2. The Morgan fingerprint density at radius 2 is 1.96 bits per heavy atom. The van der Waals surface area contributed by atoms with Gasteiger partial charge in [-0.15, -0.1) is 0 Å². The van der Waals surface area contributed by atoms with Crippen LogP contribution in [-0.2, 0) is 12.6 Å². The van der Waals surface area contributed by atoms with Crippen molar-refractivity contribution in [3.63, 3.8) is 0 Å². The molecule has 2 N–H and O–H groups in total. The van der Waals surface area contributed by atoms with Gasteiger partial charge in [-0.1, -0.05) is 12.1 Å². The number of aromatic amines is 1. The van der Waals surface area contributed by atoms with Gasteiger partial charge in [0.1, 0.15) is 6.33 Å². The lowest BCUT2D eigenvalue weighted by atomic mass is 10.0. The van der Waals surface area contributed by atoms with Gasteiger partial charge < -0.3 is 9.52 Å². The molecule has 0 unspecified atom stereocenters. The molecule has 0 saturated heterocycles. The topological polar surface area (TPSA) is 92.0 Å². The Morgan fingerprint density at radius 3 is 2.58 bits per heavy atom. The van der Waals surface area contributed by atoms with Gasteiger partial charge in [0.2, 0.25) is 11.6 Å². The second-order valence-corrected chi connectivity index (χ2v) is 5.41. The Kier molecular flexibility index (Phi) is 4.61. The number of H-pyrrole nitrogens is 1. The first-order valence-electron chi connectivity index (χ1n) is 7.37. The Hall–Kier alpha value is -3.36. The van der Waals surface area contributed by atoms with Crippen LogP contribution in [0.15, 0.2) is 53.4 Å². The third-order valence-corrected chi connectivity index (χ3v) is 3.50. The molecule has 0 aliphatic carbocycles. The van der Waals surface area contributed by atoms with Crippen LogP contribution in [0, 0.1) is 0 Å². The molecule has 3 rings (SSSR count). The third kappa shape index (κ3) is 4.00. The Morgan fingerprint density at radius 1 is 1.23 bits per heavy atom. The number of hydrogen-bond donors (Lipinski definition) is 2. The smallest absolute Gasteiger partial charge is 0.416 e. The second kappa shape index (κ2) is 6.87. The Labute approximate surface area is 145 Å². The first-order valence-corrected chi connectivity index (χ1v) is 7.37. The van der Waals surface area contributed by atoms with E-state index in [0.717, 1.165) is 18.2 Å². The summed E-state index contributed by atoms with van der Waals surface area (Å²) in [6.45, 7) is 0. The standard InChI is InChI=1S/C17H12F3N3O3/c18-17(19,20)12-3-1-10(2-4-12)5-11-6-15(26-8-11)13(24)7-14(25)16-21-9-22-23-16/h1-4,6-9,25H,5H2,(H,21,22,23). The second-order valence-electron chi connectivity index (χ2n) is 5.41. The van der Waals surface area contributed by atoms with Crippen LogP contribution in [0.5, 0.6) is 0 Å². The number of alkyl halides is 3. The molecule has 26 heavy (non-hydrogen) atoms. The Bertz CT molecular complexity index is 926. The number of furan rings is 1. The largest absolute Gasteiger partial charge is 0.504 e. The van der Waals surface area contributed by atoms with E-state index >= 15 is 0 Å². The van der Waals surface area contributed by atoms with Crippen molar-refractivity contribution in [2.24, 2.45) is 0 Å². The lowest BCUT2D eigenvalue weighted by molar-refractivity contribution is -0.137. The maximum Gasteiger partial charge on any atom is 0.416 e. The number of aromatic nitrogens is 3. The number of aliphatic hydroxyl groups is 1. The average molecular weight is 363 g/mol. The number of rotatable bonds is 5. The van der Waals surface area contributed by atoms with Crippen LogP contribution >= 0.6 is 0 Å². The van der Waals surface area contributed by atoms with Crippen molar-refractivity contribution in [2.45, 2.75) is 12.6 Å². The molecule has 134 valence electrons. The summed E-state index contributed by atoms with van der Waals surface area (Å²) in [6.07, 6.45) is -0.581. The van der Waals surface area contributed by atoms with E-state index in [1.807, 2.05) is 0 Å². The van der Waals surface area contributed by atoms with Crippen molar-refractivity contribution in [1.29, 1.82) is 0 Å². The number of carbonyl (C=O) groups excluding carboxylic acids is 1. The molecule has 0 radical (unpaired) electrons. The number of carbonyl (C=O) groups is 1. The molecule has 2 heterocycles. The molecule has 0 fully saturated rings. The van der Waals surface area contributed by atoms with Crippen LogP contribution < -0.4 is 0 Å². The van der Waals surface area contributed by atoms with E-state index in [9.17, 15) is 23.1 Å². The van der Waals surface area contributed by atoms with E-state index in [2.05, 4.69) is 15.2 Å². The van der Waals surface area contributed by atoms with Crippen LogP contribution in [-0.4, -0.2) is 26.1 Å². The maximum atomic E-state index is 12.6. The van der Waals surface area contributed by atoms with E-state index in [0.29, 0.717) is 17.5 Å². The number of nitrogens with one attached hydrogen (secondary N) is 1. The number of benzene rings is 1. The normalized spacial score (nSPS) is 12.3. The zero-order valence-corrected chi connectivity index (χ0v) is 13.1. The molecule has 3 aromatic rings. The van der Waals surface area contributed by atoms with E-state index in [1.165, 1.54) is 30.8 Å². The van der Waals surface area contributed by atoms with E-state index in [-0.39, 0.29) is 11.6 Å². The molecular weight excluding hydrogens is 351 g/mol. The molecule has 0 amide bonds. The lowest BCUT2D eigenvalue weighted by Crippen LogP contribution is -2.04. The minimum Gasteiger partial charge on any atom is -0.504 e. The van der Waals surface area contributed by atoms with Crippen LogP contribution in [0.25, 0.3) is 5.76 Å². The van der Waals surface area contributed by atoms with Gasteiger partial charge in [0.25, 0.3) is 0 Å². The highest BCUT2D eigenvalue weighted by Crippen LogP contribution is 2.29. The van der Waals surface area contributed by atoms with Gasteiger partial charge >= 0.3 is 6.18 Å².